The number of ether oxygens (including phenoxy) is 1. The fourth-order valence-corrected chi connectivity index (χ4v) is 2.00. The second-order valence-electron chi connectivity index (χ2n) is 5.29. The maximum atomic E-state index is 12.0. The molecular weight excluding hydrogens is 246 g/mol. The van der Waals surface area contributed by atoms with Crippen molar-refractivity contribution in [3.63, 3.8) is 0 Å². The fraction of sp³-hybridized carbons (Fsp3) is 0.846. The highest BCUT2D eigenvalue weighted by atomic mass is 16.5. The summed E-state index contributed by atoms with van der Waals surface area (Å²) in [5.74, 6) is -0.105. The molecule has 19 heavy (non-hydrogen) atoms. The van der Waals surface area contributed by atoms with Gasteiger partial charge in [0.25, 0.3) is 0 Å². The molecule has 2 rings (SSSR count). The molecular formula is C13H23N3O3. The van der Waals surface area contributed by atoms with Crippen molar-refractivity contribution in [2.24, 2.45) is 5.92 Å². The summed E-state index contributed by atoms with van der Waals surface area (Å²) in [5, 5.41) is 3.16. The third-order valence-electron chi connectivity index (χ3n) is 3.56. The van der Waals surface area contributed by atoms with Crippen LogP contribution in [0.15, 0.2) is 0 Å². The lowest BCUT2D eigenvalue weighted by molar-refractivity contribution is -0.151. The molecule has 1 saturated heterocycles. The summed E-state index contributed by atoms with van der Waals surface area (Å²) in [5.41, 5.74) is 0. The topological polar surface area (TPSA) is 61.9 Å². The van der Waals surface area contributed by atoms with Crippen LogP contribution in [0.3, 0.4) is 0 Å². The molecule has 2 fully saturated rings. The van der Waals surface area contributed by atoms with Crippen LogP contribution in [-0.4, -0.2) is 74.6 Å². The molecule has 1 heterocycles. The quantitative estimate of drug-likeness (QED) is 0.530. The minimum Gasteiger partial charge on any atom is -0.379 e. The molecule has 0 aromatic carbocycles. The maximum Gasteiger partial charge on any atom is 0.312 e. The number of piperazine rings is 1. The van der Waals surface area contributed by atoms with Gasteiger partial charge in [-0.2, -0.15) is 0 Å². The Morgan fingerprint density at radius 1 is 1.32 bits per heavy atom. The van der Waals surface area contributed by atoms with Crippen LogP contribution in [0.4, 0.5) is 0 Å². The third-order valence-corrected chi connectivity index (χ3v) is 3.56. The van der Waals surface area contributed by atoms with E-state index in [4.69, 9.17) is 4.74 Å². The lowest BCUT2D eigenvalue weighted by Crippen LogP contribution is -2.51. The Labute approximate surface area is 114 Å². The van der Waals surface area contributed by atoms with Crippen molar-refractivity contribution in [2.75, 3.05) is 53.0 Å². The molecule has 0 aromatic rings. The molecule has 2 amide bonds. The minimum atomic E-state index is -0.433. The molecule has 6 heteroatoms. The summed E-state index contributed by atoms with van der Waals surface area (Å²) in [6.07, 6.45) is 2.52. The van der Waals surface area contributed by atoms with E-state index in [9.17, 15) is 9.59 Å². The molecule has 1 saturated carbocycles. The molecule has 1 aliphatic heterocycles. The summed E-state index contributed by atoms with van der Waals surface area (Å²) >= 11 is 0. The number of hydrogen-bond donors (Lipinski definition) is 1. The van der Waals surface area contributed by atoms with Gasteiger partial charge in [-0.3, -0.25) is 9.59 Å². The normalized spacial score (nSPS) is 19.3. The van der Waals surface area contributed by atoms with Gasteiger partial charge < -0.3 is 19.9 Å². The van der Waals surface area contributed by atoms with Gasteiger partial charge in [0.05, 0.1) is 6.61 Å². The average molecular weight is 269 g/mol. The van der Waals surface area contributed by atoms with Crippen molar-refractivity contribution in [1.82, 2.24) is 15.1 Å². The molecule has 6 nitrogen and oxygen atoms in total. The predicted molar refractivity (Wildman–Crippen MR) is 70.6 cm³/mol. The van der Waals surface area contributed by atoms with Gasteiger partial charge in [-0.1, -0.05) is 0 Å². The first-order valence-corrected chi connectivity index (χ1v) is 7.01. The monoisotopic (exact) mass is 269 g/mol. The first kappa shape index (κ1) is 14.3. The first-order valence-electron chi connectivity index (χ1n) is 7.01. The van der Waals surface area contributed by atoms with Gasteiger partial charge >= 0.3 is 11.8 Å². The van der Waals surface area contributed by atoms with E-state index in [1.54, 1.807) is 11.9 Å². The van der Waals surface area contributed by atoms with Crippen LogP contribution in [0, 0.1) is 5.92 Å². The minimum absolute atomic E-state index is 0.397. The SMILES string of the molecule is CN(CCOCC1CC1)C(=O)C(=O)N1CCNCC1. The molecule has 1 N–H and O–H groups in total. The predicted octanol–water partition coefficient (Wildman–Crippen LogP) is -0.697. The van der Waals surface area contributed by atoms with E-state index in [0.29, 0.717) is 26.2 Å². The zero-order valence-electron chi connectivity index (χ0n) is 11.6. The van der Waals surface area contributed by atoms with E-state index < -0.39 is 11.8 Å². The molecule has 0 radical (unpaired) electrons. The van der Waals surface area contributed by atoms with E-state index in [1.165, 1.54) is 17.7 Å². The van der Waals surface area contributed by atoms with Crippen molar-refractivity contribution in [1.29, 1.82) is 0 Å². The van der Waals surface area contributed by atoms with Gasteiger partial charge in [0.15, 0.2) is 0 Å². The lowest BCUT2D eigenvalue weighted by Gasteiger charge is -2.28. The van der Waals surface area contributed by atoms with Gasteiger partial charge in [0.2, 0.25) is 0 Å². The molecule has 0 spiro atoms. The second-order valence-corrected chi connectivity index (χ2v) is 5.29. The van der Waals surface area contributed by atoms with E-state index >= 15 is 0 Å². The Hall–Kier alpha value is -1.14. The highest BCUT2D eigenvalue weighted by Gasteiger charge is 2.26. The van der Waals surface area contributed by atoms with Crippen molar-refractivity contribution in [3.8, 4) is 0 Å². The molecule has 0 unspecified atom stereocenters. The average Bonchev–Trinajstić information content (AvgIpc) is 3.27. The Kier molecular flexibility index (Phi) is 5.15. The van der Waals surface area contributed by atoms with Gasteiger partial charge in [-0.05, 0) is 18.8 Å². The van der Waals surface area contributed by atoms with E-state index in [0.717, 1.165) is 25.6 Å². The fourth-order valence-electron chi connectivity index (χ4n) is 2.00. The third kappa shape index (κ3) is 4.47. The lowest BCUT2D eigenvalue weighted by atomic mass is 10.3. The van der Waals surface area contributed by atoms with Gasteiger partial charge in [-0.25, -0.2) is 0 Å². The molecule has 0 bridgehead atoms. The molecule has 1 aliphatic carbocycles. The van der Waals surface area contributed by atoms with E-state index in [1.807, 2.05) is 0 Å². The number of carbonyl (C=O) groups is 2. The summed E-state index contributed by atoms with van der Waals surface area (Å²) in [6, 6.07) is 0. The Morgan fingerprint density at radius 2 is 2.00 bits per heavy atom. The van der Waals surface area contributed by atoms with Crippen LogP contribution >= 0.6 is 0 Å². The van der Waals surface area contributed by atoms with Crippen LogP contribution in [0.2, 0.25) is 0 Å². The zero-order chi connectivity index (χ0) is 13.7. The van der Waals surface area contributed by atoms with Crippen LogP contribution in [-0.2, 0) is 14.3 Å². The van der Waals surface area contributed by atoms with Crippen LogP contribution in [0.25, 0.3) is 0 Å². The van der Waals surface area contributed by atoms with Gasteiger partial charge in [0.1, 0.15) is 0 Å². The Bertz CT molecular complexity index is 325. The van der Waals surface area contributed by atoms with Crippen molar-refractivity contribution in [3.05, 3.63) is 0 Å². The number of rotatable bonds is 5. The highest BCUT2D eigenvalue weighted by Crippen LogP contribution is 2.28. The molecule has 0 atom stereocenters. The first-order chi connectivity index (χ1) is 9.18. The molecule has 0 aromatic heterocycles. The summed E-state index contributed by atoms with van der Waals surface area (Å²) in [4.78, 5) is 27.0. The number of likely N-dealkylation sites (N-methyl/N-ethyl adjacent to an activating group) is 1. The van der Waals surface area contributed by atoms with Crippen molar-refractivity contribution in [2.45, 2.75) is 12.8 Å². The van der Waals surface area contributed by atoms with Crippen molar-refractivity contribution < 1.29 is 14.3 Å². The van der Waals surface area contributed by atoms with Gasteiger partial charge in [0, 0.05) is 46.4 Å². The van der Waals surface area contributed by atoms with Crippen molar-refractivity contribution >= 4 is 11.8 Å². The number of hydrogen-bond acceptors (Lipinski definition) is 4. The second kappa shape index (κ2) is 6.86. The highest BCUT2D eigenvalue weighted by molar-refractivity contribution is 6.34. The smallest absolute Gasteiger partial charge is 0.312 e. The maximum absolute atomic E-state index is 12.0. The van der Waals surface area contributed by atoms with E-state index in [-0.39, 0.29) is 0 Å². The number of carbonyl (C=O) groups excluding carboxylic acids is 2. The Morgan fingerprint density at radius 3 is 2.63 bits per heavy atom. The number of amides is 2. The number of nitrogens with zero attached hydrogens (tertiary/aromatic N) is 2. The summed E-state index contributed by atoms with van der Waals surface area (Å²) in [7, 11) is 1.66. The molecule has 2 aliphatic rings. The van der Waals surface area contributed by atoms with Crippen LogP contribution in [0.1, 0.15) is 12.8 Å². The Balaban J connectivity index is 1.65. The summed E-state index contributed by atoms with van der Waals surface area (Å²) in [6.45, 7) is 4.50. The number of nitrogens with one attached hydrogen (secondary N) is 1. The summed E-state index contributed by atoms with van der Waals surface area (Å²) < 4.78 is 5.47. The van der Waals surface area contributed by atoms with Gasteiger partial charge in [-0.15, -0.1) is 0 Å². The largest absolute Gasteiger partial charge is 0.379 e. The standard InChI is InChI=1S/C13H23N3O3/c1-15(8-9-19-10-11-2-3-11)12(17)13(18)16-6-4-14-5-7-16/h11,14H,2-10H2,1H3. The van der Waals surface area contributed by atoms with E-state index in [2.05, 4.69) is 5.32 Å². The molecule has 108 valence electrons. The van der Waals surface area contributed by atoms with Crippen LogP contribution < -0.4 is 5.32 Å². The van der Waals surface area contributed by atoms with Crippen LogP contribution in [0.5, 0.6) is 0 Å². The zero-order valence-corrected chi connectivity index (χ0v) is 11.6.